The molecule has 0 amide bonds. The van der Waals surface area contributed by atoms with Crippen LogP contribution in [0.25, 0.3) is 0 Å². The van der Waals surface area contributed by atoms with Crippen LogP contribution in [-0.4, -0.2) is 53.5 Å². The van der Waals surface area contributed by atoms with Crippen molar-refractivity contribution in [2.45, 2.75) is 25.9 Å². The first kappa shape index (κ1) is 20.9. The summed E-state index contributed by atoms with van der Waals surface area (Å²) < 4.78 is 5.16. The Balaban J connectivity index is 0. The second-order valence-corrected chi connectivity index (χ2v) is 5.55. The number of carbonyl (C=O) groups is 1. The molecule has 0 aliphatic heterocycles. The molecule has 0 aromatic carbocycles. The molecule has 20 heavy (non-hydrogen) atoms. The lowest BCUT2D eigenvalue weighted by Crippen LogP contribution is -2.31. The highest BCUT2D eigenvalue weighted by Crippen LogP contribution is 2.08. The van der Waals surface area contributed by atoms with Crippen molar-refractivity contribution in [3.8, 4) is 0 Å². The van der Waals surface area contributed by atoms with Crippen LogP contribution >= 0.6 is 11.8 Å². The molecule has 0 heterocycles. The molecule has 0 rings (SSSR count). The number of nitrogens with zero attached hydrogens (tertiary/aromatic N) is 2. The van der Waals surface area contributed by atoms with Gasteiger partial charge in [-0.05, 0) is 6.92 Å². The first-order valence-corrected chi connectivity index (χ1v) is 6.14. The molecule has 0 fully saturated rings. The maximum atomic E-state index is 11.0. The molecular formula is C11H21ClN2O6. The Kier molecular flexibility index (Phi) is 10.9. The molecule has 8 nitrogen and oxygen atoms in total. The van der Waals surface area contributed by atoms with Crippen LogP contribution in [0.3, 0.4) is 0 Å². The van der Waals surface area contributed by atoms with Gasteiger partial charge in [0.05, 0.1) is 38.4 Å². The highest BCUT2D eigenvalue weighted by atomic mass is 35.5. The van der Waals surface area contributed by atoms with Gasteiger partial charge in [-0.1, -0.05) is 6.58 Å². The summed E-state index contributed by atoms with van der Waals surface area (Å²) in [6.07, 6.45) is 0.519. The van der Waals surface area contributed by atoms with E-state index in [1.165, 1.54) is 0 Å². The van der Waals surface area contributed by atoms with Crippen LogP contribution in [0.2, 0.25) is 0 Å². The minimum absolute atomic E-state index is 0.211. The third-order valence-electron chi connectivity index (χ3n) is 2.03. The fourth-order valence-corrected chi connectivity index (χ4v) is 1.11. The van der Waals surface area contributed by atoms with Crippen molar-refractivity contribution in [3.63, 3.8) is 0 Å². The van der Waals surface area contributed by atoms with E-state index in [1.54, 1.807) is 6.92 Å². The number of carbonyl (C=O) groups excluding carboxylic acids is 1. The maximum Gasteiger partial charge on any atom is 0.333 e. The summed E-state index contributed by atoms with van der Waals surface area (Å²) in [6.45, 7) is 5.93. The zero-order chi connectivity index (χ0) is 16.3. The van der Waals surface area contributed by atoms with Crippen LogP contribution in [0.1, 0.15) is 19.8 Å². The van der Waals surface area contributed by atoms with E-state index < -0.39 is 17.2 Å². The normalized spacial score (nSPS) is 11.8. The number of aliphatic hydroxyl groups is 1. The van der Waals surface area contributed by atoms with Crippen LogP contribution in [0.4, 0.5) is 0 Å². The van der Waals surface area contributed by atoms with E-state index in [4.69, 9.17) is 31.8 Å². The Morgan fingerprint density at radius 2 is 1.90 bits per heavy atom. The molecule has 0 saturated heterocycles. The third kappa shape index (κ3) is 19.0. The number of hydrogen-bond donors (Lipinski definition) is 1. The van der Waals surface area contributed by atoms with Gasteiger partial charge in [-0.2, -0.15) is 0 Å². The lowest BCUT2D eigenvalue weighted by Gasteiger charge is -2.20. The topological polar surface area (TPSA) is 113 Å². The number of halogens is 1. The third-order valence-corrected chi connectivity index (χ3v) is 2.20. The van der Waals surface area contributed by atoms with Crippen molar-refractivity contribution in [2.24, 2.45) is 0 Å². The van der Waals surface area contributed by atoms with Crippen LogP contribution in [0.5, 0.6) is 0 Å². The van der Waals surface area contributed by atoms with Gasteiger partial charge in [0.1, 0.15) is 0 Å². The second-order valence-electron chi connectivity index (χ2n) is 4.63. The summed E-state index contributed by atoms with van der Waals surface area (Å²) in [5.41, 5.74) is 0.369. The molecule has 118 valence electrons. The highest BCUT2D eigenvalue weighted by Gasteiger charge is 2.15. The minimum atomic E-state index is -1.75. The molecule has 1 unspecified atom stereocenters. The molecule has 0 radical (unpaired) electrons. The number of hydrogen-bond acceptors (Lipinski definition) is 6. The van der Waals surface area contributed by atoms with Gasteiger partial charge in [-0.15, -0.1) is 0 Å². The average molecular weight is 313 g/mol. The highest BCUT2D eigenvalue weighted by molar-refractivity contribution is 6.06. The summed E-state index contributed by atoms with van der Waals surface area (Å²) >= 11 is 5.93. The van der Waals surface area contributed by atoms with E-state index in [0.29, 0.717) is 29.0 Å². The van der Waals surface area contributed by atoms with Gasteiger partial charge in [-0.25, -0.2) is 8.80 Å². The minimum Gasteiger partial charge on any atom is -0.462 e. The Bertz CT molecular complexity index is 325. The van der Waals surface area contributed by atoms with Crippen molar-refractivity contribution in [1.82, 2.24) is 0 Å². The number of quaternary nitrogens is 1. The first-order chi connectivity index (χ1) is 8.95. The first-order valence-electron chi connectivity index (χ1n) is 5.80. The van der Waals surface area contributed by atoms with Crippen LogP contribution in [0.15, 0.2) is 12.2 Å². The fraction of sp³-hybridized carbons (Fsp3) is 0.727. The zero-order valence-electron chi connectivity index (χ0n) is 11.9. The van der Waals surface area contributed by atoms with E-state index in [1.807, 2.05) is 14.1 Å². The molecule has 0 saturated carbocycles. The number of esters is 1. The molecule has 1 atom stereocenters. The van der Waals surface area contributed by atoms with Crippen LogP contribution < -0.4 is 0 Å². The number of rotatable bonds is 7. The fourth-order valence-electron chi connectivity index (χ4n) is 1.01. The predicted molar refractivity (Wildman–Crippen MR) is 74.2 cm³/mol. The van der Waals surface area contributed by atoms with Crippen molar-refractivity contribution in [2.75, 3.05) is 27.2 Å². The quantitative estimate of drug-likeness (QED) is 0.249. The van der Waals surface area contributed by atoms with Gasteiger partial charge in [0, 0.05) is 18.4 Å². The van der Waals surface area contributed by atoms with Crippen molar-refractivity contribution >= 4 is 17.7 Å². The van der Waals surface area contributed by atoms with Gasteiger partial charge in [-0.3, -0.25) is 0 Å². The molecule has 0 spiro atoms. The lowest BCUT2D eigenvalue weighted by atomic mass is 10.2. The maximum absolute atomic E-state index is 11.0. The van der Waals surface area contributed by atoms with E-state index in [-0.39, 0.29) is 6.61 Å². The summed E-state index contributed by atoms with van der Waals surface area (Å²) in [4.78, 5) is 19.3. The molecule has 0 aliphatic carbocycles. The molecule has 1 N–H and O–H groups in total. The summed E-state index contributed by atoms with van der Waals surface area (Å²) in [7, 11) is 3.69. The monoisotopic (exact) mass is 312 g/mol. The molecule has 0 bridgehead atoms. The molecule has 0 aromatic heterocycles. The van der Waals surface area contributed by atoms with E-state index in [9.17, 15) is 9.90 Å². The van der Waals surface area contributed by atoms with Gasteiger partial charge in [0.25, 0.3) is 0 Å². The Labute approximate surface area is 123 Å². The molecule has 0 aromatic rings. The van der Waals surface area contributed by atoms with Gasteiger partial charge >= 0.3 is 5.97 Å². The number of aliphatic hydroxyl groups excluding tert-OH is 1. The molecule has 9 heteroatoms. The number of ether oxygens (including phenoxy) is 1. The summed E-state index contributed by atoms with van der Waals surface area (Å²) in [6, 6.07) is 0. The SMILES string of the molecule is C=C(C)C(=O)OCCC(O)CC[N+](C)(C)Cl.O=[N+]([O-])[O-]. The van der Waals surface area contributed by atoms with Crippen LogP contribution in [-0.2, 0) is 9.53 Å². The average Bonchev–Trinajstić information content (AvgIpc) is 2.24. The van der Waals surface area contributed by atoms with Crippen molar-refractivity contribution < 1.29 is 23.7 Å². The largest absolute Gasteiger partial charge is 0.462 e. The van der Waals surface area contributed by atoms with Crippen molar-refractivity contribution in [3.05, 3.63) is 27.5 Å². The molecule has 0 aliphatic rings. The summed E-state index contributed by atoms with van der Waals surface area (Å²) in [5, 5.41) is 24.3. The Hall–Kier alpha value is -1.38. The van der Waals surface area contributed by atoms with E-state index >= 15 is 0 Å². The van der Waals surface area contributed by atoms with Gasteiger partial charge < -0.3 is 25.2 Å². The predicted octanol–water partition coefficient (Wildman–Crippen LogP) is 1.24. The zero-order valence-corrected chi connectivity index (χ0v) is 12.6. The Morgan fingerprint density at radius 3 is 2.25 bits per heavy atom. The van der Waals surface area contributed by atoms with Crippen molar-refractivity contribution in [1.29, 1.82) is 0 Å². The standard InChI is InChI=1S/C11H21ClNO3.NO3/c1-9(2)11(15)16-8-6-10(14)5-7-13(3,4)12;2-1(3)4/h10,14H,1,5-8H2,2-4H3;/q+1;-1. The smallest absolute Gasteiger partial charge is 0.333 e. The lowest BCUT2D eigenvalue weighted by molar-refractivity contribution is -0.772. The Morgan fingerprint density at radius 1 is 1.45 bits per heavy atom. The van der Waals surface area contributed by atoms with E-state index in [0.717, 1.165) is 0 Å². The second kappa shape index (κ2) is 10.4. The van der Waals surface area contributed by atoms with E-state index in [2.05, 4.69) is 6.58 Å². The summed E-state index contributed by atoms with van der Waals surface area (Å²) in [5.74, 6) is -0.416. The molecular weight excluding hydrogens is 292 g/mol. The van der Waals surface area contributed by atoms with Gasteiger partial charge in [0.2, 0.25) is 0 Å². The van der Waals surface area contributed by atoms with Crippen LogP contribution in [0, 0.1) is 15.3 Å². The van der Waals surface area contributed by atoms with Gasteiger partial charge in [0.15, 0.2) is 11.8 Å².